The first kappa shape index (κ1) is 30.3. The molecule has 2 atom stereocenters. The minimum absolute atomic E-state index is 0.0436. The van der Waals surface area contributed by atoms with Gasteiger partial charge in [0.2, 0.25) is 11.8 Å². The van der Waals surface area contributed by atoms with E-state index in [1.807, 2.05) is 40.3 Å². The summed E-state index contributed by atoms with van der Waals surface area (Å²) in [4.78, 5) is 37.8. The van der Waals surface area contributed by atoms with Gasteiger partial charge >= 0.3 is 0 Å². The molecule has 1 N–H and O–H groups in total. The molecule has 1 aliphatic rings. The van der Waals surface area contributed by atoms with Gasteiger partial charge in [-0.25, -0.2) is 0 Å². The maximum absolute atomic E-state index is 12.7. The molecule has 192 valence electrons. The van der Waals surface area contributed by atoms with Crippen LogP contribution in [0.5, 0.6) is 0 Å². The maximum atomic E-state index is 12.7. The highest BCUT2D eigenvalue weighted by Crippen LogP contribution is 2.41. The molecule has 1 heterocycles. The molecule has 1 aliphatic heterocycles. The Hall–Kier alpha value is -0.730. The number of hydrogen-bond donors (Lipinski definition) is 1. The van der Waals surface area contributed by atoms with Crippen LogP contribution in [-0.4, -0.2) is 64.8 Å². The zero-order valence-electron chi connectivity index (χ0n) is 21.8. The largest absolute Gasteiger partial charge is 0.383 e. The number of methoxy groups -OCH3 is 1. The molecule has 8 heteroatoms. The van der Waals surface area contributed by atoms with Crippen molar-refractivity contribution in [3.63, 3.8) is 0 Å². The molecule has 1 unspecified atom stereocenters. The molecule has 1 saturated heterocycles. The topological polar surface area (TPSA) is 75.7 Å². The Labute approximate surface area is 209 Å². The van der Waals surface area contributed by atoms with Gasteiger partial charge in [0.15, 0.2) is 0 Å². The quantitative estimate of drug-likeness (QED) is 0.230. The molecule has 0 aromatic rings. The van der Waals surface area contributed by atoms with Gasteiger partial charge in [0.1, 0.15) is 5.78 Å². The SMILES string of the molecule is COC[C@@H]1CCCN1C(=O)CCC(C)CC(C)(C)SSCCC(C)(C)NC(=O)CCC(C)=O. The third kappa shape index (κ3) is 13.1. The number of likely N-dealkylation sites (tertiary alicyclic amines) is 1. The summed E-state index contributed by atoms with van der Waals surface area (Å²) < 4.78 is 5.39. The molecule has 6 nitrogen and oxygen atoms in total. The van der Waals surface area contributed by atoms with E-state index in [1.54, 1.807) is 7.11 Å². The molecule has 2 amide bonds. The highest BCUT2D eigenvalue weighted by atomic mass is 33.1. The summed E-state index contributed by atoms with van der Waals surface area (Å²) in [5.74, 6) is 1.68. The summed E-state index contributed by atoms with van der Waals surface area (Å²) in [7, 11) is 5.44. The number of nitrogens with one attached hydrogen (secondary N) is 1. The van der Waals surface area contributed by atoms with Gasteiger partial charge in [-0.05, 0) is 72.6 Å². The summed E-state index contributed by atoms with van der Waals surface area (Å²) in [6.45, 7) is 13.9. The van der Waals surface area contributed by atoms with Crippen molar-refractivity contribution in [3.8, 4) is 0 Å². The minimum atomic E-state index is -0.282. The monoisotopic (exact) mass is 502 g/mol. The smallest absolute Gasteiger partial charge is 0.222 e. The van der Waals surface area contributed by atoms with Gasteiger partial charge in [-0.15, -0.1) is 0 Å². The number of carbonyl (C=O) groups is 3. The molecule has 0 aromatic carbocycles. The lowest BCUT2D eigenvalue weighted by Gasteiger charge is -2.29. The van der Waals surface area contributed by atoms with E-state index in [-0.39, 0.29) is 40.3 Å². The number of carbonyl (C=O) groups excluding carboxylic acids is 3. The van der Waals surface area contributed by atoms with E-state index in [0.29, 0.717) is 25.4 Å². The fourth-order valence-corrected chi connectivity index (χ4v) is 7.32. The Bertz CT molecular complexity index is 640. The van der Waals surface area contributed by atoms with Crippen molar-refractivity contribution in [1.82, 2.24) is 10.2 Å². The third-order valence-corrected chi connectivity index (χ3v) is 9.34. The molecule has 33 heavy (non-hydrogen) atoms. The van der Waals surface area contributed by atoms with Gasteiger partial charge < -0.3 is 19.7 Å². The number of rotatable bonds is 16. The minimum Gasteiger partial charge on any atom is -0.383 e. The first-order chi connectivity index (χ1) is 15.3. The van der Waals surface area contributed by atoms with Gasteiger partial charge in [-0.3, -0.25) is 9.59 Å². The molecule has 0 aliphatic carbocycles. The van der Waals surface area contributed by atoms with E-state index in [9.17, 15) is 14.4 Å². The standard InChI is InChI=1S/C25H46N2O4S2/c1-19(10-13-23(30)27-15-8-9-21(27)18-31-7)17-25(5,6)33-32-16-14-24(3,4)26-22(29)12-11-20(2)28/h19,21H,8-18H2,1-7H3,(H,26,29)/t19?,21-/m0/s1. The average molecular weight is 503 g/mol. The lowest BCUT2D eigenvalue weighted by atomic mass is 9.94. The van der Waals surface area contributed by atoms with Crippen molar-refractivity contribution in [2.45, 2.75) is 109 Å². The van der Waals surface area contributed by atoms with Gasteiger partial charge in [0, 0.05) is 49.0 Å². The van der Waals surface area contributed by atoms with Gasteiger partial charge in [0.05, 0.1) is 12.6 Å². The van der Waals surface area contributed by atoms with Crippen molar-refractivity contribution in [3.05, 3.63) is 0 Å². The predicted molar refractivity (Wildman–Crippen MR) is 141 cm³/mol. The van der Waals surface area contributed by atoms with E-state index >= 15 is 0 Å². The molecule has 0 aromatic heterocycles. The van der Waals surface area contributed by atoms with Crippen molar-refractivity contribution in [2.24, 2.45) is 5.92 Å². The van der Waals surface area contributed by atoms with Crippen LogP contribution in [-0.2, 0) is 19.1 Å². The number of ether oxygens (including phenoxy) is 1. The Kier molecular flexibility index (Phi) is 13.4. The molecule has 1 fully saturated rings. The van der Waals surface area contributed by atoms with Gasteiger partial charge in [-0.1, -0.05) is 28.5 Å². The van der Waals surface area contributed by atoms with Crippen molar-refractivity contribution in [2.75, 3.05) is 26.0 Å². The molecule has 0 radical (unpaired) electrons. The normalized spacial score (nSPS) is 17.8. The first-order valence-corrected chi connectivity index (χ1v) is 14.6. The van der Waals surface area contributed by atoms with Crippen LogP contribution in [0.4, 0.5) is 0 Å². The zero-order valence-corrected chi connectivity index (χ0v) is 23.5. The first-order valence-electron chi connectivity index (χ1n) is 12.2. The molecular weight excluding hydrogens is 456 g/mol. The van der Waals surface area contributed by atoms with Crippen molar-refractivity contribution in [1.29, 1.82) is 0 Å². The summed E-state index contributed by atoms with van der Waals surface area (Å²) in [5.41, 5.74) is -0.282. The predicted octanol–water partition coefficient (Wildman–Crippen LogP) is 5.24. The molecular formula is C25H46N2O4S2. The fourth-order valence-electron chi connectivity index (χ4n) is 4.31. The second-order valence-corrected chi connectivity index (χ2v) is 13.9. The molecule has 1 rings (SSSR count). The van der Waals surface area contributed by atoms with Crippen LogP contribution in [0.15, 0.2) is 0 Å². The maximum Gasteiger partial charge on any atom is 0.222 e. The van der Waals surface area contributed by atoms with Crippen LogP contribution < -0.4 is 5.32 Å². The molecule has 0 saturated carbocycles. The summed E-state index contributed by atoms with van der Waals surface area (Å²) in [6, 6.07) is 0.254. The van der Waals surface area contributed by atoms with E-state index in [4.69, 9.17) is 4.74 Å². The molecule has 0 spiro atoms. The Morgan fingerprint density at radius 3 is 2.48 bits per heavy atom. The number of amides is 2. The fraction of sp³-hybridized carbons (Fsp3) is 0.880. The van der Waals surface area contributed by atoms with Gasteiger partial charge in [-0.2, -0.15) is 0 Å². The Morgan fingerprint density at radius 1 is 1.15 bits per heavy atom. The number of nitrogens with zero attached hydrogens (tertiary/aromatic N) is 1. The van der Waals surface area contributed by atoms with Crippen LogP contribution in [0, 0.1) is 5.92 Å². The summed E-state index contributed by atoms with van der Waals surface area (Å²) in [5, 5.41) is 3.05. The lowest BCUT2D eigenvalue weighted by molar-refractivity contribution is -0.133. The van der Waals surface area contributed by atoms with Crippen LogP contribution >= 0.6 is 21.6 Å². The number of ketones is 1. The van der Waals surface area contributed by atoms with E-state index < -0.39 is 0 Å². The number of Topliss-reactive ketones (excluding diaryl/α,β-unsaturated/α-hetero) is 1. The highest BCUT2D eigenvalue weighted by Gasteiger charge is 2.29. The Balaban J connectivity index is 2.29. The number of hydrogen-bond acceptors (Lipinski definition) is 6. The summed E-state index contributed by atoms with van der Waals surface area (Å²) >= 11 is 0. The van der Waals surface area contributed by atoms with Gasteiger partial charge in [0.25, 0.3) is 0 Å². The zero-order chi connectivity index (χ0) is 25.1. The van der Waals surface area contributed by atoms with Crippen molar-refractivity contribution < 1.29 is 19.1 Å². The van der Waals surface area contributed by atoms with E-state index in [2.05, 4.69) is 26.1 Å². The second kappa shape index (κ2) is 14.6. The molecule has 0 bridgehead atoms. The van der Waals surface area contributed by atoms with Crippen LogP contribution in [0.1, 0.15) is 92.9 Å². The summed E-state index contributed by atoms with van der Waals surface area (Å²) in [6.07, 6.45) is 6.16. The van der Waals surface area contributed by atoms with Crippen molar-refractivity contribution >= 4 is 39.2 Å². The lowest BCUT2D eigenvalue weighted by Crippen LogP contribution is -2.43. The third-order valence-electron chi connectivity index (χ3n) is 6.02. The van der Waals surface area contributed by atoms with Crippen LogP contribution in [0.2, 0.25) is 0 Å². The van der Waals surface area contributed by atoms with E-state index in [0.717, 1.165) is 44.4 Å². The van der Waals surface area contributed by atoms with E-state index in [1.165, 1.54) is 6.92 Å². The Morgan fingerprint density at radius 2 is 1.85 bits per heavy atom. The van der Waals surface area contributed by atoms with Crippen LogP contribution in [0.3, 0.4) is 0 Å². The second-order valence-electron chi connectivity index (χ2n) is 10.7. The highest BCUT2D eigenvalue weighted by molar-refractivity contribution is 8.77. The average Bonchev–Trinajstić information content (AvgIpc) is 3.16. The van der Waals surface area contributed by atoms with Crippen LogP contribution in [0.25, 0.3) is 0 Å².